The van der Waals surface area contributed by atoms with Gasteiger partial charge in [0.1, 0.15) is 17.1 Å². The zero-order valence-electron chi connectivity index (χ0n) is 31.6. The van der Waals surface area contributed by atoms with Crippen LogP contribution in [0.4, 0.5) is 0 Å². The van der Waals surface area contributed by atoms with E-state index in [2.05, 4.69) is 12.2 Å². The summed E-state index contributed by atoms with van der Waals surface area (Å²) >= 11 is 0. The molecule has 0 aromatic rings. The van der Waals surface area contributed by atoms with Crippen LogP contribution in [0.15, 0.2) is 0 Å². The molecular formula is C38H64N2O11. The summed E-state index contributed by atoms with van der Waals surface area (Å²) in [4.78, 5) is 92.2. The first-order valence-corrected chi connectivity index (χ1v) is 19.2. The van der Waals surface area contributed by atoms with Crippen molar-refractivity contribution in [2.24, 2.45) is 5.41 Å². The molecule has 1 unspecified atom stereocenters. The second-order valence-corrected chi connectivity index (χ2v) is 14.8. The van der Waals surface area contributed by atoms with Gasteiger partial charge in [-0.1, -0.05) is 110 Å². The second kappa shape index (κ2) is 24.6. The van der Waals surface area contributed by atoms with Crippen LogP contribution in [0.3, 0.4) is 0 Å². The van der Waals surface area contributed by atoms with Crippen molar-refractivity contribution >= 4 is 41.6 Å². The Labute approximate surface area is 303 Å². The zero-order valence-corrected chi connectivity index (χ0v) is 31.6. The second-order valence-electron chi connectivity index (χ2n) is 14.8. The predicted molar refractivity (Wildman–Crippen MR) is 190 cm³/mol. The fourth-order valence-electron chi connectivity index (χ4n) is 6.15. The van der Waals surface area contributed by atoms with Crippen LogP contribution >= 0.6 is 0 Å². The number of hydroxylamine groups is 2. The molecule has 3 amide bonds. The third-order valence-corrected chi connectivity index (χ3v) is 9.13. The summed E-state index contributed by atoms with van der Waals surface area (Å²) in [7, 11) is 0. The Morgan fingerprint density at radius 3 is 1.59 bits per heavy atom. The Hall–Kier alpha value is -3.51. The molecule has 1 aliphatic heterocycles. The number of amides is 3. The molecule has 0 aliphatic carbocycles. The van der Waals surface area contributed by atoms with Gasteiger partial charge in [0.2, 0.25) is 5.91 Å². The van der Waals surface area contributed by atoms with Crippen LogP contribution in [0.5, 0.6) is 0 Å². The van der Waals surface area contributed by atoms with Crippen LogP contribution in [-0.4, -0.2) is 68.5 Å². The summed E-state index contributed by atoms with van der Waals surface area (Å²) in [6.07, 6.45) is 14.9. The number of esters is 1. The lowest BCUT2D eigenvalue weighted by molar-refractivity contribution is -0.197. The van der Waals surface area contributed by atoms with Crippen molar-refractivity contribution < 1.29 is 53.3 Å². The fourth-order valence-corrected chi connectivity index (χ4v) is 6.15. The molecule has 51 heavy (non-hydrogen) atoms. The molecule has 0 aromatic carbocycles. The van der Waals surface area contributed by atoms with Gasteiger partial charge in [-0.2, -0.15) is 0 Å². The van der Waals surface area contributed by atoms with Gasteiger partial charge in [-0.15, -0.1) is 5.06 Å². The van der Waals surface area contributed by atoms with Crippen molar-refractivity contribution in [3.63, 3.8) is 0 Å². The van der Waals surface area contributed by atoms with Crippen LogP contribution in [0.2, 0.25) is 0 Å². The van der Waals surface area contributed by atoms with Gasteiger partial charge in [0.15, 0.2) is 0 Å². The average molecular weight is 725 g/mol. The Bertz CT molecular complexity index is 1120. The summed E-state index contributed by atoms with van der Waals surface area (Å²) in [5.41, 5.74) is -2.74. The molecule has 0 spiro atoms. The Balaban J connectivity index is 2.99. The third-order valence-electron chi connectivity index (χ3n) is 9.13. The van der Waals surface area contributed by atoms with E-state index in [0.29, 0.717) is 30.7 Å². The highest BCUT2D eigenvalue weighted by atomic mass is 16.7. The van der Waals surface area contributed by atoms with Crippen molar-refractivity contribution in [1.29, 1.82) is 0 Å². The van der Waals surface area contributed by atoms with E-state index in [-0.39, 0.29) is 38.5 Å². The van der Waals surface area contributed by atoms with Gasteiger partial charge in [-0.05, 0) is 46.5 Å². The van der Waals surface area contributed by atoms with E-state index in [4.69, 9.17) is 14.7 Å². The molecule has 3 N–H and O–H groups in total. The number of carbonyl (C=O) groups is 7. The summed E-state index contributed by atoms with van der Waals surface area (Å²) in [6.45, 7) is 7.10. The van der Waals surface area contributed by atoms with E-state index in [1.165, 1.54) is 25.7 Å². The SMILES string of the molecule is CCCCCCCCCCCC(CCCCCCCCCCC(=O)O)(C(=O)O)C(=O)N[C@@H](CCC(=O)ON1C(=O)CCC1=O)C(=O)OC(C)(C)C. The number of nitrogens with one attached hydrogen (secondary N) is 1. The molecule has 13 nitrogen and oxygen atoms in total. The molecule has 1 heterocycles. The molecule has 2 atom stereocenters. The summed E-state index contributed by atoms with van der Waals surface area (Å²) in [5.74, 6) is -5.98. The number of ether oxygens (including phenoxy) is 1. The number of carboxylic acids is 2. The highest BCUT2D eigenvalue weighted by Gasteiger charge is 2.46. The van der Waals surface area contributed by atoms with Crippen molar-refractivity contribution in [2.75, 3.05) is 0 Å². The topological polar surface area (TPSA) is 194 Å². The van der Waals surface area contributed by atoms with Gasteiger partial charge in [-0.25, -0.2) is 9.59 Å². The van der Waals surface area contributed by atoms with Crippen LogP contribution in [-0.2, 0) is 43.1 Å². The van der Waals surface area contributed by atoms with Gasteiger partial charge >= 0.3 is 23.9 Å². The van der Waals surface area contributed by atoms with Crippen LogP contribution in [0, 0.1) is 5.41 Å². The first kappa shape index (κ1) is 45.5. The molecule has 13 heteroatoms. The van der Waals surface area contributed by atoms with E-state index in [0.717, 1.165) is 57.8 Å². The van der Waals surface area contributed by atoms with E-state index in [9.17, 15) is 38.7 Å². The maximum atomic E-state index is 14.0. The van der Waals surface area contributed by atoms with Crippen LogP contribution in [0.1, 0.15) is 182 Å². The predicted octanol–water partition coefficient (Wildman–Crippen LogP) is 7.18. The highest BCUT2D eigenvalue weighted by molar-refractivity contribution is 6.03. The van der Waals surface area contributed by atoms with Crippen molar-refractivity contribution in [1.82, 2.24) is 10.4 Å². The van der Waals surface area contributed by atoms with E-state index in [1.54, 1.807) is 20.8 Å². The normalized spacial score (nSPS) is 14.9. The quantitative estimate of drug-likeness (QED) is 0.0306. The number of rotatable bonds is 29. The number of hydrogen-bond acceptors (Lipinski definition) is 9. The molecule has 292 valence electrons. The summed E-state index contributed by atoms with van der Waals surface area (Å²) in [5, 5.41) is 22.4. The summed E-state index contributed by atoms with van der Waals surface area (Å²) < 4.78 is 5.51. The van der Waals surface area contributed by atoms with E-state index in [1.807, 2.05) is 0 Å². The van der Waals surface area contributed by atoms with Gasteiger partial charge in [0.25, 0.3) is 11.8 Å². The lowest BCUT2D eigenvalue weighted by Gasteiger charge is -2.31. The van der Waals surface area contributed by atoms with Gasteiger partial charge in [0, 0.05) is 19.3 Å². The Kier molecular flexibility index (Phi) is 22.0. The number of hydrogen-bond donors (Lipinski definition) is 3. The zero-order chi connectivity index (χ0) is 38.3. The lowest BCUT2D eigenvalue weighted by Crippen LogP contribution is -2.53. The van der Waals surface area contributed by atoms with Gasteiger partial charge in [-0.3, -0.25) is 24.0 Å². The minimum absolute atomic E-state index is 0.0755. The molecule has 1 rings (SSSR count). The number of imide groups is 1. The largest absolute Gasteiger partial charge is 0.481 e. The highest BCUT2D eigenvalue weighted by Crippen LogP contribution is 2.34. The number of nitrogens with zero attached hydrogens (tertiary/aromatic N) is 1. The molecule has 1 saturated heterocycles. The molecule has 0 bridgehead atoms. The van der Waals surface area contributed by atoms with Crippen LogP contribution in [0.25, 0.3) is 0 Å². The molecular weight excluding hydrogens is 660 g/mol. The molecule has 0 aromatic heterocycles. The Morgan fingerprint density at radius 2 is 1.16 bits per heavy atom. The third kappa shape index (κ3) is 19.1. The fraction of sp³-hybridized carbons (Fsp3) is 0.816. The molecule has 0 radical (unpaired) electrons. The molecule has 0 saturated carbocycles. The van der Waals surface area contributed by atoms with Crippen molar-refractivity contribution in [3.05, 3.63) is 0 Å². The minimum atomic E-state index is -1.80. The van der Waals surface area contributed by atoms with Crippen molar-refractivity contribution in [2.45, 2.75) is 193 Å². The van der Waals surface area contributed by atoms with E-state index < -0.39 is 65.1 Å². The van der Waals surface area contributed by atoms with Crippen molar-refractivity contribution in [3.8, 4) is 0 Å². The summed E-state index contributed by atoms with van der Waals surface area (Å²) in [6, 6.07) is -1.38. The molecule has 1 fully saturated rings. The molecule has 1 aliphatic rings. The lowest BCUT2D eigenvalue weighted by atomic mass is 9.76. The maximum absolute atomic E-state index is 14.0. The van der Waals surface area contributed by atoms with Gasteiger partial charge < -0.3 is 25.1 Å². The average Bonchev–Trinajstić information content (AvgIpc) is 3.36. The van der Waals surface area contributed by atoms with Crippen LogP contribution < -0.4 is 5.32 Å². The maximum Gasteiger partial charge on any atom is 0.333 e. The standard InChI is InChI=1S/C38H64N2O11/c1-5-6-7-8-9-11-14-17-20-27-38(36(48)49,28-21-18-15-12-10-13-16-19-22-32(43)44)35(47)39-29(34(46)50-37(2,3)4)23-26-33(45)51-40-30(41)24-25-31(40)42/h29H,5-28H2,1-4H3,(H,39,47)(H,43,44)(H,48,49)/t29-,38?/m0/s1. The first-order valence-electron chi connectivity index (χ1n) is 19.2. The number of unbranched alkanes of at least 4 members (excludes halogenated alkanes) is 15. The monoisotopic (exact) mass is 724 g/mol. The number of aliphatic carboxylic acids is 2. The smallest absolute Gasteiger partial charge is 0.333 e. The van der Waals surface area contributed by atoms with Gasteiger partial charge in [0.05, 0.1) is 6.42 Å². The number of carboxylic acid groups (broad SMARTS) is 2. The first-order chi connectivity index (χ1) is 24.1. The Morgan fingerprint density at radius 1 is 0.706 bits per heavy atom. The van der Waals surface area contributed by atoms with E-state index >= 15 is 0 Å². The number of carbonyl (C=O) groups excluding carboxylic acids is 5. The minimum Gasteiger partial charge on any atom is -0.481 e.